The molecular formula is C14H21NO3. The first kappa shape index (κ1) is 14.5. The lowest BCUT2D eigenvalue weighted by Crippen LogP contribution is -1.98. The van der Waals surface area contributed by atoms with Crippen LogP contribution in [0.3, 0.4) is 0 Å². The van der Waals surface area contributed by atoms with Gasteiger partial charge in [0.2, 0.25) is 0 Å². The van der Waals surface area contributed by atoms with Gasteiger partial charge in [-0.25, -0.2) is 0 Å². The molecule has 0 radical (unpaired) electrons. The second kappa shape index (κ2) is 7.69. The number of unbranched alkanes of at least 4 members (excludes halogenated alkanes) is 2. The Morgan fingerprint density at radius 3 is 2.39 bits per heavy atom. The van der Waals surface area contributed by atoms with Crippen molar-refractivity contribution < 1.29 is 9.66 Å². The van der Waals surface area contributed by atoms with Crippen molar-refractivity contribution in [1.29, 1.82) is 0 Å². The molecule has 4 heteroatoms. The van der Waals surface area contributed by atoms with E-state index in [2.05, 4.69) is 13.8 Å². The molecule has 0 fully saturated rings. The molecule has 1 rings (SSSR count). The van der Waals surface area contributed by atoms with Crippen molar-refractivity contribution in [2.75, 3.05) is 6.61 Å². The summed E-state index contributed by atoms with van der Waals surface area (Å²) in [4.78, 5) is 10.1. The van der Waals surface area contributed by atoms with Gasteiger partial charge >= 0.3 is 0 Å². The van der Waals surface area contributed by atoms with Crippen molar-refractivity contribution in [3.05, 3.63) is 34.4 Å². The first-order valence-electron chi connectivity index (χ1n) is 6.47. The number of ether oxygens (including phenoxy) is 1. The van der Waals surface area contributed by atoms with Crippen molar-refractivity contribution >= 4 is 5.69 Å². The molecule has 1 aromatic rings. The van der Waals surface area contributed by atoms with E-state index in [1.807, 2.05) is 0 Å². The largest absolute Gasteiger partial charge is 0.494 e. The number of benzene rings is 1. The van der Waals surface area contributed by atoms with Crippen molar-refractivity contribution in [3.63, 3.8) is 0 Å². The van der Waals surface area contributed by atoms with Crippen LogP contribution < -0.4 is 4.74 Å². The highest BCUT2D eigenvalue weighted by Gasteiger charge is 2.04. The molecular weight excluding hydrogens is 230 g/mol. The summed E-state index contributed by atoms with van der Waals surface area (Å²) >= 11 is 0. The van der Waals surface area contributed by atoms with Gasteiger partial charge in [0.25, 0.3) is 5.69 Å². The third-order valence-electron chi connectivity index (χ3n) is 2.74. The zero-order valence-corrected chi connectivity index (χ0v) is 11.1. The average molecular weight is 251 g/mol. The van der Waals surface area contributed by atoms with Gasteiger partial charge in [0.1, 0.15) is 5.75 Å². The van der Waals surface area contributed by atoms with Crippen LogP contribution in [0.4, 0.5) is 5.69 Å². The van der Waals surface area contributed by atoms with E-state index in [1.54, 1.807) is 12.1 Å². The Kier molecular flexibility index (Phi) is 6.19. The Balaban J connectivity index is 2.17. The fourth-order valence-corrected chi connectivity index (χ4v) is 1.69. The molecule has 0 bridgehead atoms. The molecule has 0 N–H and O–H groups in total. The van der Waals surface area contributed by atoms with Crippen LogP contribution in [-0.2, 0) is 0 Å². The first-order valence-corrected chi connectivity index (χ1v) is 6.47. The number of hydrogen-bond acceptors (Lipinski definition) is 3. The van der Waals surface area contributed by atoms with E-state index in [4.69, 9.17) is 4.74 Å². The molecule has 0 aliphatic rings. The first-order chi connectivity index (χ1) is 8.59. The van der Waals surface area contributed by atoms with Crippen LogP contribution in [0, 0.1) is 16.0 Å². The lowest BCUT2D eigenvalue weighted by atomic mass is 10.1. The maximum atomic E-state index is 10.5. The van der Waals surface area contributed by atoms with Crippen LogP contribution in [0.1, 0.15) is 39.5 Å². The smallest absolute Gasteiger partial charge is 0.269 e. The molecule has 0 saturated heterocycles. The Labute approximate surface area is 108 Å². The molecule has 0 spiro atoms. The van der Waals surface area contributed by atoms with Crippen LogP contribution in [0.25, 0.3) is 0 Å². The van der Waals surface area contributed by atoms with Crippen LogP contribution >= 0.6 is 0 Å². The summed E-state index contributed by atoms with van der Waals surface area (Å²) < 4.78 is 5.53. The lowest BCUT2D eigenvalue weighted by Gasteiger charge is -2.06. The maximum Gasteiger partial charge on any atom is 0.269 e. The molecule has 18 heavy (non-hydrogen) atoms. The van der Waals surface area contributed by atoms with Gasteiger partial charge in [-0.2, -0.15) is 0 Å². The van der Waals surface area contributed by atoms with Crippen LogP contribution in [-0.4, -0.2) is 11.5 Å². The number of nitrogens with zero attached hydrogens (tertiary/aromatic N) is 1. The van der Waals surface area contributed by atoms with Crippen LogP contribution in [0.2, 0.25) is 0 Å². The summed E-state index contributed by atoms with van der Waals surface area (Å²) in [6, 6.07) is 6.22. The molecule has 0 aliphatic heterocycles. The molecule has 0 atom stereocenters. The minimum absolute atomic E-state index is 0.0966. The summed E-state index contributed by atoms with van der Waals surface area (Å²) in [6.07, 6.45) is 4.70. The molecule has 1 aromatic carbocycles. The van der Waals surface area contributed by atoms with Gasteiger partial charge < -0.3 is 4.74 Å². The van der Waals surface area contributed by atoms with Crippen molar-refractivity contribution in [1.82, 2.24) is 0 Å². The van der Waals surface area contributed by atoms with Gasteiger partial charge in [-0.05, 0) is 24.5 Å². The van der Waals surface area contributed by atoms with Gasteiger partial charge in [0.05, 0.1) is 11.5 Å². The molecule has 0 saturated carbocycles. The maximum absolute atomic E-state index is 10.5. The van der Waals surface area contributed by atoms with E-state index >= 15 is 0 Å². The summed E-state index contributed by atoms with van der Waals surface area (Å²) in [6.45, 7) is 5.14. The lowest BCUT2D eigenvalue weighted by molar-refractivity contribution is -0.384. The molecule has 0 amide bonds. The number of non-ortho nitro benzene ring substituents is 1. The average Bonchev–Trinajstić information content (AvgIpc) is 2.34. The van der Waals surface area contributed by atoms with Gasteiger partial charge in [-0.1, -0.05) is 33.1 Å². The standard InChI is InChI=1S/C14H21NO3/c1-12(2)6-4-3-5-11-18-14-9-7-13(8-10-14)15(16)17/h7-10,12H,3-6,11H2,1-2H3. The summed E-state index contributed by atoms with van der Waals surface area (Å²) in [5.41, 5.74) is 0.0966. The number of rotatable bonds is 8. The van der Waals surface area contributed by atoms with Crippen LogP contribution in [0.15, 0.2) is 24.3 Å². The Hall–Kier alpha value is -1.58. The highest BCUT2D eigenvalue weighted by atomic mass is 16.6. The van der Waals surface area contributed by atoms with Crippen molar-refractivity contribution in [3.8, 4) is 5.75 Å². The van der Waals surface area contributed by atoms with Gasteiger partial charge in [-0.3, -0.25) is 10.1 Å². The van der Waals surface area contributed by atoms with Gasteiger partial charge in [0, 0.05) is 12.1 Å². The van der Waals surface area contributed by atoms with E-state index in [9.17, 15) is 10.1 Å². The third-order valence-corrected chi connectivity index (χ3v) is 2.74. The topological polar surface area (TPSA) is 52.4 Å². The highest BCUT2D eigenvalue weighted by Crippen LogP contribution is 2.17. The second-order valence-electron chi connectivity index (χ2n) is 4.84. The fourth-order valence-electron chi connectivity index (χ4n) is 1.69. The number of hydrogen-bond donors (Lipinski definition) is 0. The predicted octanol–water partition coefficient (Wildman–Crippen LogP) is 4.19. The summed E-state index contributed by atoms with van der Waals surface area (Å²) in [5.74, 6) is 1.46. The number of nitro groups is 1. The van der Waals surface area contributed by atoms with E-state index in [1.165, 1.54) is 31.4 Å². The Morgan fingerprint density at radius 2 is 1.83 bits per heavy atom. The van der Waals surface area contributed by atoms with Crippen LogP contribution in [0.5, 0.6) is 5.75 Å². The van der Waals surface area contributed by atoms with Gasteiger partial charge in [0.15, 0.2) is 0 Å². The SMILES string of the molecule is CC(C)CCCCCOc1ccc([N+](=O)[O-])cc1. The molecule has 0 aliphatic carbocycles. The minimum Gasteiger partial charge on any atom is -0.494 e. The Morgan fingerprint density at radius 1 is 1.17 bits per heavy atom. The molecule has 0 aromatic heterocycles. The second-order valence-corrected chi connectivity index (χ2v) is 4.84. The third kappa shape index (κ3) is 5.66. The quantitative estimate of drug-likeness (QED) is 0.395. The van der Waals surface area contributed by atoms with E-state index in [0.29, 0.717) is 12.4 Å². The molecule has 0 heterocycles. The van der Waals surface area contributed by atoms with Crippen molar-refractivity contribution in [2.45, 2.75) is 39.5 Å². The minimum atomic E-state index is -0.407. The number of nitro benzene ring substituents is 1. The van der Waals surface area contributed by atoms with E-state index in [-0.39, 0.29) is 5.69 Å². The van der Waals surface area contributed by atoms with Gasteiger partial charge in [-0.15, -0.1) is 0 Å². The zero-order chi connectivity index (χ0) is 13.4. The predicted molar refractivity (Wildman–Crippen MR) is 71.9 cm³/mol. The van der Waals surface area contributed by atoms with Crippen molar-refractivity contribution in [2.24, 2.45) is 5.92 Å². The Bertz CT molecular complexity index is 360. The fraction of sp³-hybridized carbons (Fsp3) is 0.571. The normalized spacial score (nSPS) is 10.6. The van der Waals surface area contributed by atoms with E-state index in [0.717, 1.165) is 12.3 Å². The summed E-state index contributed by atoms with van der Waals surface area (Å²) in [7, 11) is 0. The van der Waals surface area contributed by atoms with E-state index < -0.39 is 4.92 Å². The summed E-state index contributed by atoms with van der Waals surface area (Å²) in [5, 5.41) is 10.5. The monoisotopic (exact) mass is 251 g/mol. The highest BCUT2D eigenvalue weighted by molar-refractivity contribution is 5.35. The molecule has 100 valence electrons. The zero-order valence-electron chi connectivity index (χ0n) is 11.1. The molecule has 0 unspecified atom stereocenters. The molecule has 4 nitrogen and oxygen atoms in total.